The van der Waals surface area contributed by atoms with E-state index in [1.54, 1.807) is 23.1 Å². The first-order chi connectivity index (χ1) is 15.6. The number of nitrogen functional groups attached to an aromatic ring is 1. The summed E-state index contributed by atoms with van der Waals surface area (Å²) in [6, 6.07) is 16.7. The van der Waals surface area contributed by atoms with Gasteiger partial charge in [0, 0.05) is 57.8 Å². The van der Waals surface area contributed by atoms with Crippen molar-refractivity contribution in [2.75, 3.05) is 11.1 Å². The van der Waals surface area contributed by atoms with Crippen LogP contribution in [0.15, 0.2) is 78.6 Å². The number of rotatable bonds is 5. The molecule has 3 aromatic heterocycles. The lowest BCUT2D eigenvalue weighted by Crippen LogP contribution is -2.12. The molecule has 0 radical (unpaired) electrons. The SMILES string of the molecule is Cn1cc(-c2cnc(N)c3c(C(=O)Nc4cccc(Oc5ccccc5)c4)csc23)cn1. The van der Waals surface area contributed by atoms with Crippen molar-refractivity contribution >= 4 is 38.8 Å². The minimum Gasteiger partial charge on any atom is -0.457 e. The smallest absolute Gasteiger partial charge is 0.257 e. The Morgan fingerprint density at radius 2 is 1.91 bits per heavy atom. The number of aryl methyl sites for hydroxylation is 1. The molecule has 0 bridgehead atoms. The highest BCUT2D eigenvalue weighted by atomic mass is 32.1. The summed E-state index contributed by atoms with van der Waals surface area (Å²) in [6.45, 7) is 0. The van der Waals surface area contributed by atoms with E-state index in [2.05, 4.69) is 15.4 Å². The van der Waals surface area contributed by atoms with Gasteiger partial charge in [0.2, 0.25) is 0 Å². The molecule has 0 saturated heterocycles. The van der Waals surface area contributed by atoms with E-state index < -0.39 is 0 Å². The van der Waals surface area contributed by atoms with Crippen LogP contribution in [0.1, 0.15) is 10.4 Å². The number of fused-ring (bicyclic) bond motifs is 1. The van der Waals surface area contributed by atoms with Crippen LogP contribution in [0.3, 0.4) is 0 Å². The number of aromatic nitrogens is 3. The second-order valence-corrected chi connectivity index (χ2v) is 8.09. The maximum Gasteiger partial charge on any atom is 0.257 e. The number of thiophene rings is 1. The molecule has 0 aliphatic rings. The van der Waals surface area contributed by atoms with Crippen molar-refractivity contribution in [3.8, 4) is 22.6 Å². The fourth-order valence-electron chi connectivity index (χ4n) is 3.46. The molecule has 0 spiro atoms. The first-order valence-electron chi connectivity index (χ1n) is 9.87. The zero-order chi connectivity index (χ0) is 22.1. The third-order valence-corrected chi connectivity index (χ3v) is 5.97. The van der Waals surface area contributed by atoms with Crippen molar-refractivity contribution in [3.05, 3.63) is 84.1 Å². The van der Waals surface area contributed by atoms with Crippen LogP contribution in [0.2, 0.25) is 0 Å². The summed E-state index contributed by atoms with van der Waals surface area (Å²) in [6.07, 6.45) is 5.39. The number of amides is 1. The van der Waals surface area contributed by atoms with E-state index in [4.69, 9.17) is 10.5 Å². The molecule has 32 heavy (non-hydrogen) atoms. The van der Waals surface area contributed by atoms with Gasteiger partial charge in [-0.3, -0.25) is 9.48 Å². The number of carbonyl (C=O) groups is 1. The van der Waals surface area contributed by atoms with Crippen molar-refractivity contribution in [1.29, 1.82) is 0 Å². The highest BCUT2D eigenvalue weighted by Crippen LogP contribution is 2.37. The first-order valence-corrected chi connectivity index (χ1v) is 10.8. The third kappa shape index (κ3) is 3.79. The Hall–Kier alpha value is -4.17. The highest BCUT2D eigenvalue weighted by Gasteiger charge is 2.19. The van der Waals surface area contributed by atoms with Crippen LogP contribution in [0.25, 0.3) is 21.2 Å². The molecule has 3 heterocycles. The minimum atomic E-state index is -0.259. The van der Waals surface area contributed by atoms with Crippen molar-refractivity contribution < 1.29 is 9.53 Å². The molecule has 0 unspecified atom stereocenters. The van der Waals surface area contributed by atoms with Gasteiger partial charge in [0.25, 0.3) is 5.91 Å². The van der Waals surface area contributed by atoms with Crippen molar-refractivity contribution in [2.24, 2.45) is 7.05 Å². The van der Waals surface area contributed by atoms with Crippen molar-refractivity contribution in [2.45, 2.75) is 0 Å². The van der Waals surface area contributed by atoms with Gasteiger partial charge in [-0.15, -0.1) is 11.3 Å². The summed E-state index contributed by atoms with van der Waals surface area (Å²) >= 11 is 1.46. The van der Waals surface area contributed by atoms with Gasteiger partial charge in [-0.25, -0.2) is 4.98 Å². The molecule has 0 saturated carbocycles. The quantitative estimate of drug-likeness (QED) is 0.385. The molecule has 2 aromatic carbocycles. The first kappa shape index (κ1) is 19.8. The zero-order valence-corrected chi connectivity index (χ0v) is 18.0. The molecule has 8 heteroatoms. The monoisotopic (exact) mass is 441 g/mol. The van der Waals surface area contributed by atoms with E-state index in [1.165, 1.54) is 11.3 Å². The average Bonchev–Trinajstić information content (AvgIpc) is 3.42. The van der Waals surface area contributed by atoms with Crippen LogP contribution in [0, 0.1) is 0 Å². The van der Waals surface area contributed by atoms with Gasteiger partial charge < -0.3 is 15.8 Å². The van der Waals surface area contributed by atoms with Crippen molar-refractivity contribution in [1.82, 2.24) is 14.8 Å². The minimum absolute atomic E-state index is 0.259. The number of hydrogen-bond donors (Lipinski definition) is 2. The van der Waals surface area contributed by atoms with E-state index in [0.29, 0.717) is 28.2 Å². The average molecular weight is 442 g/mol. The Morgan fingerprint density at radius 3 is 2.69 bits per heavy atom. The Labute approximate surface area is 188 Å². The maximum absolute atomic E-state index is 13.1. The summed E-state index contributed by atoms with van der Waals surface area (Å²) in [5, 5.41) is 9.62. The number of hydrogen-bond acceptors (Lipinski definition) is 6. The molecule has 5 aromatic rings. The van der Waals surface area contributed by atoms with E-state index in [1.807, 2.05) is 67.2 Å². The topological polar surface area (TPSA) is 95.1 Å². The standard InChI is InChI=1S/C24H19N5O2S/c1-29-13-15(11-27-29)19-12-26-23(25)21-20(14-32-22(19)21)24(30)28-16-6-5-9-18(10-16)31-17-7-3-2-4-8-17/h2-14H,1H3,(H2,25,26)(H,28,30). The summed E-state index contributed by atoms with van der Waals surface area (Å²) < 4.78 is 8.49. The predicted molar refractivity (Wildman–Crippen MR) is 127 cm³/mol. The molecule has 7 nitrogen and oxygen atoms in total. The number of para-hydroxylation sites is 1. The number of nitrogens with one attached hydrogen (secondary N) is 1. The summed E-state index contributed by atoms with van der Waals surface area (Å²) in [5.41, 5.74) is 9.09. The van der Waals surface area contributed by atoms with Crippen LogP contribution in [-0.4, -0.2) is 20.7 Å². The number of ether oxygens (including phenoxy) is 1. The molecule has 0 aliphatic heterocycles. The van der Waals surface area contributed by atoms with Crippen LogP contribution >= 0.6 is 11.3 Å². The maximum atomic E-state index is 13.1. The lowest BCUT2D eigenvalue weighted by atomic mass is 10.1. The van der Waals surface area contributed by atoms with Crippen LogP contribution < -0.4 is 15.8 Å². The molecular weight excluding hydrogens is 422 g/mol. The van der Waals surface area contributed by atoms with Gasteiger partial charge in [-0.2, -0.15) is 5.10 Å². The van der Waals surface area contributed by atoms with E-state index in [9.17, 15) is 4.79 Å². The number of nitrogens with zero attached hydrogens (tertiary/aromatic N) is 3. The molecule has 3 N–H and O–H groups in total. The Bertz CT molecular complexity index is 1430. The van der Waals surface area contributed by atoms with E-state index in [0.717, 1.165) is 21.6 Å². The van der Waals surface area contributed by atoms with Crippen LogP contribution in [-0.2, 0) is 7.05 Å². The molecule has 0 fully saturated rings. The van der Waals surface area contributed by atoms with Gasteiger partial charge >= 0.3 is 0 Å². The van der Waals surface area contributed by atoms with Crippen molar-refractivity contribution in [3.63, 3.8) is 0 Å². The van der Waals surface area contributed by atoms with Crippen LogP contribution in [0.4, 0.5) is 11.5 Å². The lowest BCUT2D eigenvalue weighted by molar-refractivity contribution is 0.102. The predicted octanol–water partition coefficient (Wildman–Crippen LogP) is 5.32. The molecule has 158 valence electrons. The summed E-state index contributed by atoms with van der Waals surface area (Å²) in [7, 11) is 1.86. The van der Waals surface area contributed by atoms with Gasteiger partial charge in [0.15, 0.2) is 0 Å². The number of nitrogens with two attached hydrogens (primary N) is 1. The Morgan fingerprint density at radius 1 is 1.09 bits per heavy atom. The molecule has 5 rings (SSSR count). The molecular formula is C24H19N5O2S. The van der Waals surface area contributed by atoms with E-state index in [-0.39, 0.29) is 5.91 Å². The number of carbonyl (C=O) groups excluding carboxylic acids is 1. The summed E-state index contributed by atoms with van der Waals surface area (Å²) in [5.74, 6) is 1.41. The molecule has 0 aliphatic carbocycles. The Balaban J connectivity index is 1.44. The fraction of sp³-hybridized carbons (Fsp3) is 0.0417. The lowest BCUT2D eigenvalue weighted by Gasteiger charge is -2.09. The second kappa shape index (κ2) is 8.16. The largest absolute Gasteiger partial charge is 0.457 e. The zero-order valence-electron chi connectivity index (χ0n) is 17.1. The summed E-state index contributed by atoms with van der Waals surface area (Å²) in [4.78, 5) is 17.4. The third-order valence-electron chi connectivity index (χ3n) is 4.96. The van der Waals surface area contributed by atoms with Gasteiger partial charge in [0.1, 0.15) is 17.3 Å². The van der Waals surface area contributed by atoms with Gasteiger partial charge in [0.05, 0.1) is 11.8 Å². The fourth-order valence-corrected chi connectivity index (χ4v) is 4.55. The van der Waals surface area contributed by atoms with Crippen LogP contribution in [0.5, 0.6) is 11.5 Å². The number of anilines is 2. The van der Waals surface area contributed by atoms with E-state index >= 15 is 0 Å². The Kier molecular flexibility index (Phi) is 5.04. The van der Waals surface area contributed by atoms with Gasteiger partial charge in [-0.1, -0.05) is 24.3 Å². The highest BCUT2D eigenvalue weighted by molar-refractivity contribution is 7.18. The molecule has 0 atom stereocenters. The number of benzene rings is 2. The molecule has 1 amide bonds. The normalized spacial score (nSPS) is 10.9. The number of pyridine rings is 1. The second-order valence-electron chi connectivity index (χ2n) is 7.21. The van der Waals surface area contributed by atoms with Gasteiger partial charge in [-0.05, 0) is 24.3 Å².